The minimum Gasteiger partial charge on any atom is -0.315 e. The van der Waals surface area contributed by atoms with Gasteiger partial charge in [-0.25, -0.2) is 0 Å². The van der Waals surface area contributed by atoms with E-state index in [4.69, 9.17) is 11.6 Å². The Labute approximate surface area is 145 Å². The van der Waals surface area contributed by atoms with Crippen LogP contribution in [0.1, 0.15) is 21.6 Å². The van der Waals surface area contributed by atoms with Crippen molar-refractivity contribution in [3.8, 4) is 6.07 Å². The molecule has 1 N–H and O–H groups in total. The van der Waals surface area contributed by atoms with Gasteiger partial charge in [-0.1, -0.05) is 23.7 Å². The first-order chi connectivity index (χ1) is 10.9. The van der Waals surface area contributed by atoms with Gasteiger partial charge in [-0.05, 0) is 44.2 Å². The standard InChI is InChI=1S/C17H18ClN3OS/c1-11-12(2)23-17(15(11)8-19)20-16(22)10-21(3)9-13-5-4-6-14(18)7-13/h4-7H,9-10H2,1-3H3,(H,20,22). The molecule has 2 rings (SSSR count). The molecule has 1 aromatic carbocycles. The quantitative estimate of drug-likeness (QED) is 0.890. The second kappa shape index (κ2) is 7.60. The number of carbonyl (C=O) groups excluding carboxylic acids is 1. The third kappa shape index (κ3) is 4.55. The summed E-state index contributed by atoms with van der Waals surface area (Å²) < 4.78 is 0. The van der Waals surface area contributed by atoms with Gasteiger partial charge >= 0.3 is 0 Å². The summed E-state index contributed by atoms with van der Waals surface area (Å²) in [5.41, 5.74) is 2.53. The highest BCUT2D eigenvalue weighted by molar-refractivity contribution is 7.16. The number of nitriles is 1. The fraction of sp³-hybridized carbons (Fsp3) is 0.294. The van der Waals surface area contributed by atoms with E-state index < -0.39 is 0 Å². The maximum Gasteiger partial charge on any atom is 0.239 e. The summed E-state index contributed by atoms with van der Waals surface area (Å²) in [4.78, 5) is 15.1. The lowest BCUT2D eigenvalue weighted by Crippen LogP contribution is -2.29. The van der Waals surface area contributed by atoms with Crippen LogP contribution in [0, 0.1) is 25.2 Å². The molecule has 0 aliphatic rings. The lowest BCUT2D eigenvalue weighted by Gasteiger charge is -2.16. The van der Waals surface area contributed by atoms with Crippen LogP contribution in [0.4, 0.5) is 5.00 Å². The molecule has 0 radical (unpaired) electrons. The number of hydrogen-bond acceptors (Lipinski definition) is 4. The van der Waals surface area contributed by atoms with Gasteiger partial charge in [0.2, 0.25) is 5.91 Å². The predicted molar refractivity (Wildman–Crippen MR) is 94.9 cm³/mol. The molecular weight excluding hydrogens is 330 g/mol. The fourth-order valence-corrected chi connectivity index (χ4v) is 3.50. The monoisotopic (exact) mass is 347 g/mol. The summed E-state index contributed by atoms with van der Waals surface area (Å²) >= 11 is 7.40. The topological polar surface area (TPSA) is 56.1 Å². The molecule has 0 atom stereocenters. The molecule has 23 heavy (non-hydrogen) atoms. The number of hydrogen-bond donors (Lipinski definition) is 1. The van der Waals surface area contributed by atoms with Crippen LogP contribution in [0.25, 0.3) is 0 Å². The van der Waals surface area contributed by atoms with Crippen molar-refractivity contribution < 1.29 is 4.79 Å². The van der Waals surface area contributed by atoms with Gasteiger partial charge in [-0.2, -0.15) is 5.26 Å². The number of nitrogens with zero attached hydrogens (tertiary/aromatic N) is 2. The molecule has 0 fully saturated rings. The molecule has 0 bridgehead atoms. The van der Waals surface area contributed by atoms with E-state index in [0.717, 1.165) is 16.0 Å². The largest absolute Gasteiger partial charge is 0.315 e. The second-order valence-corrected chi connectivity index (χ2v) is 7.11. The zero-order chi connectivity index (χ0) is 17.0. The smallest absolute Gasteiger partial charge is 0.239 e. The summed E-state index contributed by atoms with van der Waals surface area (Å²) in [5, 5.41) is 13.4. The number of likely N-dealkylation sites (N-methyl/N-ethyl adjacent to an activating group) is 1. The van der Waals surface area contributed by atoms with Crippen LogP contribution in [0.15, 0.2) is 24.3 Å². The van der Waals surface area contributed by atoms with E-state index in [1.54, 1.807) is 0 Å². The molecule has 0 saturated heterocycles. The molecule has 6 heteroatoms. The summed E-state index contributed by atoms with van der Waals surface area (Å²) in [6.45, 7) is 4.71. The number of thiophene rings is 1. The number of amides is 1. The molecular formula is C17H18ClN3OS. The lowest BCUT2D eigenvalue weighted by molar-refractivity contribution is -0.117. The van der Waals surface area contributed by atoms with Gasteiger partial charge in [0.05, 0.1) is 12.1 Å². The second-order valence-electron chi connectivity index (χ2n) is 5.45. The molecule has 2 aromatic rings. The van der Waals surface area contributed by atoms with E-state index in [1.165, 1.54) is 11.3 Å². The molecule has 0 spiro atoms. The normalized spacial score (nSPS) is 10.6. The molecule has 0 saturated carbocycles. The number of aryl methyl sites for hydroxylation is 1. The number of rotatable bonds is 5. The molecule has 0 unspecified atom stereocenters. The molecule has 0 aliphatic heterocycles. The zero-order valence-electron chi connectivity index (χ0n) is 13.3. The van der Waals surface area contributed by atoms with Gasteiger partial charge in [0.25, 0.3) is 0 Å². The highest BCUT2D eigenvalue weighted by Crippen LogP contribution is 2.31. The van der Waals surface area contributed by atoms with Gasteiger partial charge in [0.15, 0.2) is 0 Å². The maximum absolute atomic E-state index is 12.2. The van der Waals surface area contributed by atoms with Crippen molar-refractivity contribution in [2.45, 2.75) is 20.4 Å². The Hall–Kier alpha value is -1.87. The summed E-state index contributed by atoms with van der Waals surface area (Å²) in [6.07, 6.45) is 0. The van der Waals surface area contributed by atoms with Gasteiger partial charge < -0.3 is 5.32 Å². The Kier molecular flexibility index (Phi) is 5.78. The third-order valence-electron chi connectivity index (χ3n) is 3.51. The van der Waals surface area contributed by atoms with Crippen molar-refractivity contribution in [3.05, 3.63) is 50.9 Å². The minimum atomic E-state index is -0.132. The lowest BCUT2D eigenvalue weighted by atomic mass is 10.2. The van der Waals surface area contributed by atoms with Gasteiger partial charge in [0, 0.05) is 16.4 Å². The molecule has 1 amide bonds. The highest BCUT2D eigenvalue weighted by Gasteiger charge is 2.15. The van der Waals surface area contributed by atoms with Crippen molar-refractivity contribution in [1.29, 1.82) is 5.26 Å². The van der Waals surface area contributed by atoms with E-state index in [-0.39, 0.29) is 12.5 Å². The fourth-order valence-electron chi connectivity index (χ4n) is 2.26. The molecule has 120 valence electrons. The van der Waals surface area contributed by atoms with Crippen LogP contribution < -0.4 is 5.32 Å². The van der Waals surface area contributed by atoms with E-state index in [2.05, 4.69) is 11.4 Å². The first-order valence-corrected chi connectivity index (χ1v) is 8.33. The molecule has 1 aromatic heterocycles. The van der Waals surface area contributed by atoms with Crippen molar-refractivity contribution in [3.63, 3.8) is 0 Å². The van der Waals surface area contributed by atoms with Crippen molar-refractivity contribution in [2.24, 2.45) is 0 Å². The summed E-state index contributed by atoms with van der Waals surface area (Å²) in [7, 11) is 1.87. The minimum absolute atomic E-state index is 0.132. The SMILES string of the molecule is Cc1sc(NC(=O)CN(C)Cc2cccc(Cl)c2)c(C#N)c1C. The number of nitrogens with one attached hydrogen (secondary N) is 1. The summed E-state index contributed by atoms with van der Waals surface area (Å²) in [5.74, 6) is -0.132. The number of anilines is 1. The Morgan fingerprint density at radius 2 is 2.17 bits per heavy atom. The van der Waals surface area contributed by atoms with Crippen LogP contribution in [-0.2, 0) is 11.3 Å². The summed E-state index contributed by atoms with van der Waals surface area (Å²) in [6, 6.07) is 9.73. The van der Waals surface area contributed by atoms with Crippen LogP contribution in [-0.4, -0.2) is 24.4 Å². The van der Waals surface area contributed by atoms with E-state index in [0.29, 0.717) is 22.1 Å². The van der Waals surface area contributed by atoms with Gasteiger partial charge in [-0.3, -0.25) is 9.69 Å². The average molecular weight is 348 g/mol. The average Bonchev–Trinajstić information content (AvgIpc) is 2.72. The van der Waals surface area contributed by atoms with Crippen LogP contribution in [0.5, 0.6) is 0 Å². The van der Waals surface area contributed by atoms with Gasteiger partial charge in [0.1, 0.15) is 11.1 Å². The first-order valence-electron chi connectivity index (χ1n) is 7.13. The van der Waals surface area contributed by atoms with Crippen LogP contribution >= 0.6 is 22.9 Å². The molecule has 1 heterocycles. The molecule has 0 aliphatic carbocycles. The van der Waals surface area contributed by atoms with Crippen molar-refractivity contribution in [1.82, 2.24) is 4.90 Å². The molecule has 4 nitrogen and oxygen atoms in total. The maximum atomic E-state index is 12.2. The highest BCUT2D eigenvalue weighted by atomic mass is 35.5. The van der Waals surface area contributed by atoms with Crippen molar-refractivity contribution >= 4 is 33.8 Å². The number of carbonyl (C=O) groups is 1. The van der Waals surface area contributed by atoms with Crippen molar-refractivity contribution in [2.75, 3.05) is 18.9 Å². The predicted octanol–water partition coefficient (Wildman–Crippen LogP) is 3.96. The third-order valence-corrected chi connectivity index (χ3v) is 4.86. The Bertz CT molecular complexity index is 764. The van der Waals surface area contributed by atoms with Gasteiger partial charge in [-0.15, -0.1) is 11.3 Å². The Balaban J connectivity index is 1.97. The Morgan fingerprint density at radius 3 is 2.83 bits per heavy atom. The zero-order valence-corrected chi connectivity index (χ0v) is 14.9. The van der Waals surface area contributed by atoms with Crippen LogP contribution in [0.3, 0.4) is 0 Å². The van der Waals surface area contributed by atoms with Crippen LogP contribution in [0.2, 0.25) is 5.02 Å². The first kappa shape index (κ1) is 17.5. The van der Waals surface area contributed by atoms with E-state index in [1.807, 2.05) is 50.1 Å². The van der Waals surface area contributed by atoms with E-state index in [9.17, 15) is 10.1 Å². The Morgan fingerprint density at radius 1 is 1.43 bits per heavy atom. The number of benzene rings is 1. The van der Waals surface area contributed by atoms with E-state index >= 15 is 0 Å². The number of halogens is 1.